The van der Waals surface area contributed by atoms with E-state index in [-0.39, 0.29) is 115 Å². The zero-order valence-electron chi connectivity index (χ0n) is 66.9. The fourth-order valence-corrected chi connectivity index (χ4v) is 14.2. The molecule has 0 unspecified atom stereocenters. The number of carboxylic acid groups (broad SMARTS) is 2. The van der Waals surface area contributed by atoms with Gasteiger partial charge >= 0.3 is 43.2 Å². The quantitative estimate of drug-likeness (QED) is 0.00655. The molecule has 0 bridgehead atoms. The van der Waals surface area contributed by atoms with Crippen LogP contribution in [0.15, 0.2) is 180 Å². The van der Waals surface area contributed by atoms with E-state index in [2.05, 4.69) is 88.1 Å². The van der Waals surface area contributed by atoms with Crippen LogP contribution in [0.25, 0.3) is 0 Å². The second kappa shape index (κ2) is 58.5. The average molecular weight is 1830 g/mol. The minimum atomic E-state index is -3.65. The number of carbonyl (C=O) groups is 12. The molecular formula is C81H104BF4N10O20S5V. The number of thiol groups is 1. The van der Waals surface area contributed by atoms with Crippen molar-refractivity contribution in [1.82, 2.24) is 53.2 Å². The van der Waals surface area contributed by atoms with Crippen LogP contribution in [0.3, 0.4) is 0 Å². The summed E-state index contributed by atoms with van der Waals surface area (Å²) in [5.74, 6) is -9.59. The van der Waals surface area contributed by atoms with E-state index in [0.29, 0.717) is 16.7 Å². The first-order valence-corrected chi connectivity index (χ1v) is 44.7. The number of aliphatic carboxylic acids is 2. The molecule has 30 nitrogen and oxygen atoms in total. The van der Waals surface area contributed by atoms with Gasteiger partial charge in [0, 0.05) is 64.6 Å². The van der Waals surface area contributed by atoms with Crippen molar-refractivity contribution in [3.05, 3.63) is 204 Å². The Morgan fingerprint density at radius 2 is 0.762 bits per heavy atom. The summed E-state index contributed by atoms with van der Waals surface area (Å²) in [5.41, 5.74) is 2.66. The van der Waals surface area contributed by atoms with Crippen molar-refractivity contribution >= 4 is 131 Å². The van der Waals surface area contributed by atoms with Crippen LogP contribution in [0.4, 0.5) is 17.9 Å². The minimum absolute atomic E-state index is 0. The summed E-state index contributed by atoms with van der Waals surface area (Å²) >= 11 is 7.40. The molecule has 0 aliphatic rings. The summed E-state index contributed by atoms with van der Waals surface area (Å²) in [7, 11) is -5.88. The molecule has 6 aromatic rings. The van der Waals surface area contributed by atoms with Crippen molar-refractivity contribution in [1.29, 1.82) is 0 Å². The summed E-state index contributed by atoms with van der Waals surface area (Å²) in [5, 5.41) is 64.5. The summed E-state index contributed by atoms with van der Waals surface area (Å²) in [4.78, 5) is 153. The Hall–Kier alpha value is -10.5. The van der Waals surface area contributed by atoms with E-state index in [1.165, 1.54) is 83.0 Å². The standard InChI is InChI=1S/C40H50FN5O10S2.C32H43N5O8S.C8H7FO2S.CH4.BS.F2.V/c1-25(2)21-34(40(53)54)46-39(52)33(22-27-7-5-4-6-8-27)45-36(49)24-42-37(50)26(3)43-38(51)32(23-28-9-13-30(47)14-10-28)44-35(48)17-18-57-19-20-58(55,56)31-15-11-29(41)12-16-31;1-19(2)15-26(32(44)45)37-31(43)25(16-21-7-5-4-6-8-21)36-28(40)18-33-29(41)20(3)34-30(42)24(35-27(39)13-14-46)17-22-9-11-23(38)12-10-22;1-2-12(10,11)8-5-3-7(9)4-6-8;;2*1-2;/h4-16,25-26,32-34,47H,17-24H2,1-3H3,(H,42,50)(H,43,51)(H,44,48)(H,45,49)(H,46,52)(H,53,54);4-12,19-20,24-26,38,46H,13-18H2,1-3H3,(H,33,41)(H,34,42)(H,35,39)(H,36,40)(H,37,43)(H,44,45);2-6H,1H2;1H4;;;/t26-,32-,33-,34-;20-,24-,25-,26-;;;;;/m00...../s1/i41-1;;9-1;;;1-1;. The number of carbonyl (C=O) groups excluding carboxylic acids is 10. The molecule has 10 amide bonds. The van der Waals surface area contributed by atoms with Gasteiger partial charge in [-0.1, -0.05) is 127 Å². The zero-order chi connectivity index (χ0) is 91.0. The number of amides is 10. The third-order valence-corrected chi connectivity index (χ3v) is 21.3. The van der Waals surface area contributed by atoms with Crippen LogP contribution in [0.1, 0.15) is 96.9 Å². The number of hydrogen-bond acceptors (Lipinski definition) is 20. The SMILES string of the molecule is C.C=CS(=O)(=O)c1ccc([18F])cc1.CC(C)C[C@H](NC(=O)[C@H](Cc1ccccc1)NC(=O)CNC(=O)[C@H](C)NC(=O)[C@H](Cc1ccc(O)cc1)NC(=O)CCS)C(=O)O.CC(C)C[C@H](NC(=O)[C@H](Cc1ccccc1)NC(=O)CNC(=O)[C@H](C)NC(=O)[C@H](Cc1ccc(O)cc1)NC(=O)CCSCCS(=O)(=O)c1ccc([18F])cc1)C(=O)O.F[18F].[B]=[S]=[V]. The third kappa shape index (κ3) is 44.3. The van der Waals surface area contributed by atoms with Gasteiger partial charge in [-0.3, -0.25) is 47.9 Å². The summed E-state index contributed by atoms with van der Waals surface area (Å²) in [6.07, 6.45) is 0.568. The van der Waals surface area contributed by atoms with Gasteiger partial charge in [-0.15, -0.1) is 0 Å². The normalized spacial score (nSPS) is 12.6. The molecule has 0 saturated carbocycles. The number of benzene rings is 6. The van der Waals surface area contributed by atoms with Gasteiger partial charge in [0.15, 0.2) is 19.7 Å². The Labute approximate surface area is 728 Å². The second-order valence-electron chi connectivity index (χ2n) is 27.4. The van der Waals surface area contributed by atoms with Crippen molar-refractivity contribution in [3.63, 3.8) is 0 Å². The van der Waals surface area contributed by atoms with Gasteiger partial charge in [0.25, 0.3) is 0 Å². The first-order valence-electron chi connectivity index (χ1n) is 37.2. The Bertz CT molecular complexity index is 4640. The van der Waals surface area contributed by atoms with Gasteiger partial charge in [0.1, 0.15) is 71.5 Å². The molecule has 8 atom stereocenters. The number of phenolic OH excluding ortho intramolecular Hbond substituents is 2. The number of phenols is 2. The molecule has 0 aromatic heterocycles. The first-order chi connectivity index (χ1) is 57.2. The molecule has 122 heavy (non-hydrogen) atoms. The zero-order valence-corrected chi connectivity index (χ0v) is 72.5. The van der Waals surface area contributed by atoms with Crippen LogP contribution >= 0.6 is 33.2 Å². The van der Waals surface area contributed by atoms with Crippen molar-refractivity contribution < 1.29 is 128 Å². The monoisotopic (exact) mass is 1830 g/mol. The maximum atomic E-state index is 13.4. The van der Waals surface area contributed by atoms with E-state index in [1.807, 2.05) is 27.7 Å². The number of thioether (sulfide) groups is 1. The molecule has 664 valence electrons. The van der Waals surface area contributed by atoms with Crippen molar-refractivity contribution in [2.75, 3.05) is 36.1 Å². The van der Waals surface area contributed by atoms with Crippen LogP contribution in [-0.2, 0) is 119 Å². The van der Waals surface area contributed by atoms with Gasteiger partial charge in [-0.2, -0.15) is 24.4 Å². The number of aromatic hydroxyl groups is 2. The van der Waals surface area contributed by atoms with Crippen LogP contribution in [0.5, 0.6) is 11.5 Å². The van der Waals surface area contributed by atoms with E-state index in [9.17, 15) is 104 Å². The summed E-state index contributed by atoms with van der Waals surface area (Å²) in [6.45, 7) is 16.8. The number of rotatable bonds is 43. The van der Waals surface area contributed by atoms with Gasteiger partial charge in [0.2, 0.25) is 59.1 Å². The van der Waals surface area contributed by atoms with Gasteiger partial charge in [-0.25, -0.2) is 35.2 Å². The van der Waals surface area contributed by atoms with Crippen LogP contribution in [-0.4, -0.2) is 199 Å². The van der Waals surface area contributed by atoms with E-state index < -0.39 is 164 Å². The molecule has 6 rings (SSSR count). The molecule has 14 N–H and O–H groups in total. The molecular weight excluding hydrogens is 1730 g/mol. The predicted molar refractivity (Wildman–Crippen MR) is 456 cm³/mol. The topological polar surface area (TPSA) is 474 Å². The number of halogens is 4. The van der Waals surface area contributed by atoms with E-state index in [4.69, 9.17) is 15.9 Å². The summed E-state index contributed by atoms with van der Waals surface area (Å²) in [6, 6.07) is 29.6. The molecule has 41 heteroatoms. The van der Waals surface area contributed by atoms with Gasteiger partial charge in [0.05, 0.1) is 28.6 Å². The molecule has 0 saturated heterocycles. The van der Waals surface area contributed by atoms with Crippen LogP contribution < -0.4 is 53.2 Å². The van der Waals surface area contributed by atoms with Gasteiger partial charge < -0.3 is 73.6 Å². The fraction of sp³-hybridized carbons (Fsp3) is 0.383. The summed E-state index contributed by atoms with van der Waals surface area (Å²) < 4.78 is 88.7. The first kappa shape index (κ1) is 109. The van der Waals surface area contributed by atoms with E-state index in [1.54, 1.807) is 84.9 Å². The maximum absolute atomic E-state index is 13.4. The molecule has 0 heterocycles. The molecule has 0 aliphatic heterocycles. The van der Waals surface area contributed by atoms with Crippen LogP contribution in [0, 0.1) is 23.5 Å². The van der Waals surface area contributed by atoms with Crippen molar-refractivity contribution in [2.24, 2.45) is 11.8 Å². The molecule has 1 radical (unpaired) electrons. The number of sulfone groups is 2. The van der Waals surface area contributed by atoms with Gasteiger partial charge in [-0.05, 0) is 139 Å². The fourth-order valence-electron chi connectivity index (χ4n) is 10.6. The number of carboxylic acids is 2. The molecule has 6 aromatic carbocycles. The Morgan fingerprint density at radius 3 is 1.08 bits per heavy atom. The number of nitrogens with one attached hydrogen (secondary N) is 10. The third-order valence-electron chi connectivity index (χ3n) is 16.8. The van der Waals surface area contributed by atoms with Crippen LogP contribution in [0.2, 0.25) is 0 Å². The van der Waals surface area contributed by atoms with E-state index in [0.717, 1.165) is 35.2 Å². The Balaban J connectivity index is 0.00000103. The second-order valence-corrected chi connectivity index (χ2v) is 34.3. The van der Waals surface area contributed by atoms with Crippen molar-refractivity contribution in [3.8, 4) is 11.5 Å². The predicted octanol–water partition coefficient (Wildman–Crippen LogP) is 6.31. The number of hydrogen-bond donors (Lipinski definition) is 15. The van der Waals surface area contributed by atoms with E-state index >= 15 is 0 Å². The Morgan fingerprint density at radius 1 is 0.451 bits per heavy atom. The molecule has 0 aliphatic carbocycles. The molecule has 0 spiro atoms. The van der Waals surface area contributed by atoms with Crippen molar-refractivity contribution in [2.45, 2.75) is 158 Å². The molecule has 0 fully saturated rings. The Kier molecular flexibility index (Phi) is 52.5. The average Bonchev–Trinajstić information content (AvgIpc) is 0.760.